The molecule has 100 valence electrons. The van der Waals surface area contributed by atoms with Crippen LogP contribution in [0.5, 0.6) is 0 Å². The number of hydrogen-bond acceptors (Lipinski definition) is 3. The summed E-state index contributed by atoms with van der Waals surface area (Å²) in [6.45, 7) is 3.90. The Kier molecular flexibility index (Phi) is 3.38. The number of sulfonamides is 1. The number of nitrogen functional groups attached to an aromatic ring is 1. The van der Waals surface area contributed by atoms with E-state index in [1.807, 2.05) is 13.8 Å². The molecule has 0 atom stereocenters. The minimum Gasteiger partial charge on any atom is -0.399 e. The van der Waals surface area contributed by atoms with Crippen molar-refractivity contribution in [3.05, 3.63) is 29.8 Å². The van der Waals surface area contributed by atoms with Crippen molar-refractivity contribution >= 4 is 15.7 Å². The Balaban J connectivity index is 2.05. The van der Waals surface area contributed by atoms with Gasteiger partial charge in [0.25, 0.3) is 0 Å². The molecule has 1 aromatic carbocycles. The Morgan fingerprint density at radius 3 is 2.33 bits per heavy atom. The van der Waals surface area contributed by atoms with E-state index in [-0.39, 0.29) is 11.3 Å². The van der Waals surface area contributed by atoms with Crippen LogP contribution in [0.25, 0.3) is 0 Å². The van der Waals surface area contributed by atoms with Crippen LogP contribution in [0.1, 0.15) is 32.3 Å². The molecule has 4 nitrogen and oxygen atoms in total. The summed E-state index contributed by atoms with van der Waals surface area (Å²) in [5.74, 6) is 0.474. The van der Waals surface area contributed by atoms with Gasteiger partial charge in [-0.15, -0.1) is 0 Å². The topological polar surface area (TPSA) is 72.2 Å². The molecule has 1 fully saturated rings. The highest BCUT2D eigenvalue weighted by atomic mass is 32.2. The second kappa shape index (κ2) is 4.55. The van der Waals surface area contributed by atoms with Crippen molar-refractivity contribution in [2.24, 2.45) is 5.92 Å². The van der Waals surface area contributed by atoms with Gasteiger partial charge < -0.3 is 5.73 Å². The number of nitrogens with two attached hydrogens (primary N) is 1. The second-order valence-electron chi connectivity index (χ2n) is 5.60. The Labute approximate surface area is 109 Å². The predicted octanol–water partition coefficient (Wildman–Crippen LogP) is 1.88. The van der Waals surface area contributed by atoms with E-state index in [1.54, 1.807) is 24.3 Å². The standard InChI is InChI=1S/C13H20N2O2S/c1-13(2,11-5-6-11)15-18(16,17)9-10-3-7-12(14)8-4-10/h3-4,7-8,11,15H,5-6,9,14H2,1-2H3. The minimum absolute atomic E-state index is 0.00340. The number of benzene rings is 1. The molecule has 1 aliphatic rings. The molecule has 0 saturated heterocycles. The van der Waals surface area contributed by atoms with Gasteiger partial charge in [0.15, 0.2) is 0 Å². The van der Waals surface area contributed by atoms with E-state index in [2.05, 4.69) is 4.72 Å². The lowest BCUT2D eigenvalue weighted by Crippen LogP contribution is -2.45. The fourth-order valence-corrected chi connectivity index (χ4v) is 3.83. The van der Waals surface area contributed by atoms with Crippen molar-refractivity contribution in [3.8, 4) is 0 Å². The Morgan fingerprint density at radius 1 is 1.28 bits per heavy atom. The molecule has 0 radical (unpaired) electrons. The van der Waals surface area contributed by atoms with Crippen molar-refractivity contribution in [1.29, 1.82) is 0 Å². The monoisotopic (exact) mass is 268 g/mol. The maximum absolute atomic E-state index is 12.1. The maximum Gasteiger partial charge on any atom is 0.216 e. The summed E-state index contributed by atoms with van der Waals surface area (Å²) in [6, 6.07) is 6.94. The van der Waals surface area contributed by atoms with Gasteiger partial charge in [0, 0.05) is 11.2 Å². The molecule has 3 N–H and O–H groups in total. The van der Waals surface area contributed by atoms with E-state index >= 15 is 0 Å². The van der Waals surface area contributed by atoms with Crippen LogP contribution in [0.3, 0.4) is 0 Å². The first-order chi connectivity index (χ1) is 8.28. The number of rotatable bonds is 5. The molecule has 18 heavy (non-hydrogen) atoms. The highest BCUT2D eigenvalue weighted by Crippen LogP contribution is 2.39. The van der Waals surface area contributed by atoms with Gasteiger partial charge >= 0.3 is 0 Å². The van der Waals surface area contributed by atoms with Gasteiger partial charge in [0.1, 0.15) is 0 Å². The van der Waals surface area contributed by atoms with Crippen LogP contribution in [0.2, 0.25) is 0 Å². The average molecular weight is 268 g/mol. The van der Waals surface area contributed by atoms with Crippen molar-refractivity contribution in [2.45, 2.75) is 38.0 Å². The molecule has 0 unspecified atom stereocenters. The van der Waals surface area contributed by atoms with E-state index in [1.165, 1.54) is 0 Å². The zero-order valence-corrected chi connectivity index (χ0v) is 11.6. The van der Waals surface area contributed by atoms with Crippen molar-refractivity contribution in [1.82, 2.24) is 4.72 Å². The molecule has 1 saturated carbocycles. The average Bonchev–Trinajstić information content (AvgIpc) is 3.02. The molecular formula is C13H20N2O2S. The van der Waals surface area contributed by atoms with Gasteiger partial charge in [-0.25, -0.2) is 13.1 Å². The molecule has 0 amide bonds. The highest BCUT2D eigenvalue weighted by Gasteiger charge is 2.40. The van der Waals surface area contributed by atoms with Crippen LogP contribution in [0, 0.1) is 5.92 Å². The molecule has 1 aliphatic carbocycles. The van der Waals surface area contributed by atoms with E-state index < -0.39 is 10.0 Å². The lowest BCUT2D eigenvalue weighted by molar-refractivity contribution is 0.400. The summed E-state index contributed by atoms with van der Waals surface area (Å²) in [7, 11) is -3.30. The molecule has 1 aromatic rings. The lowest BCUT2D eigenvalue weighted by atomic mass is 10.0. The summed E-state index contributed by atoms with van der Waals surface area (Å²) in [4.78, 5) is 0. The van der Waals surface area contributed by atoms with Crippen molar-refractivity contribution in [3.63, 3.8) is 0 Å². The van der Waals surface area contributed by atoms with Crippen LogP contribution in [0.15, 0.2) is 24.3 Å². The fourth-order valence-electron chi connectivity index (χ4n) is 2.16. The van der Waals surface area contributed by atoms with E-state index in [9.17, 15) is 8.42 Å². The van der Waals surface area contributed by atoms with Gasteiger partial charge in [-0.1, -0.05) is 12.1 Å². The Bertz CT molecular complexity index is 516. The Hall–Kier alpha value is -1.07. The fraction of sp³-hybridized carbons (Fsp3) is 0.538. The normalized spacial score (nSPS) is 16.8. The molecule has 0 spiro atoms. The molecule has 0 heterocycles. The van der Waals surface area contributed by atoms with Crippen LogP contribution in [-0.2, 0) is 15.8 Å². The third kappa shape index (κ3) is 3.46. The number of hydrogen-bond donors (Lipinski definition) is 2. The summed E-state index contributed by atoms with van der Waals surface area (Å²) in [5.41, 5.74) is 6.63. The van der Waals surface area contributed by atoms with Crippen LogP contribution < -0.4 is 10.5 Å². The van der Waals surface area contributed by atoms with E-state index in [4.69, 9.17) is 5.73 Å². The number of anilines is 1. The Morgan fingerprint density at radius 2 is 1.83 bits per heavy atom. The molecule has 0 bridgehead atoms. The van der Waals surface area contributed by atoms with Crippen LogP contribution >= 0.6 is 0 Å². The van der Waals surface area contributed by atoms with Crippen molar-refractivity contribution in [2.75, 3.05) is 5.73 Å². The van der Waals surface area contributed by atoms with Crippen LogP contribution in [-0.4, -0.2) is 14.0 Å². The SMILES string of the molecule is CC(C)(NS(=O)(=O)Cc1ccc(N)cc1)C1CC1. The predicted molar refractivity (Wildman–Crippen MR) is 73.4 cm³/mol. The van der Waals surface area contributed by atoms with Crippen LogP contribution in [0.4, 0.5) is 5.69 Å². The van der Waals surface area contributed by atoms with Gasteiger partial charge in [-0.2, -0.15) is 0 Å². The van der Waals surface area contributed by atoms with E-state index in [0.29, 0.717) is 11.6 Å². The quantitative estimate of drug-likeness (QED) is 0.801. The molecular weight excluding hydrogens is 248 g/mol. The summed E-state index contributed by atoms with van der Waals surface area (Å²) < 4.78 is 27.0. The van der Waals surface area contributed by atoms with Gasteiger partial charge in [0.05, 0.1) is 5.75 Å². The smallest absolute Gasteiger partial charge is 0.216 e. The maximum atomic E-state index is 12.1. The third-order valence-electron chi connectivity index (χ3n) is 3.35. The molecule has 2 rings (SSSR count). The molecule has 0 aromatic heterocycles. The summed E-state index contributed by atoms with van der Waals surface area (Å²) in [6.07, 6.45) is 2.22. The zero-order chi connectivity index (χ0) is 13.4. The van der Waals surface area contributed by atoms with Gasteiger partial charge in [-0.3, -0.25) is 0 Å². The zero-order valence-electron chi connectivity index (χ0n) is 10.8. The van der Waals surface area contributed by atoms with Crippen molar-refractivity contribution < 1.29 is 8.42 Å². The summed E-state index contributed by atoms with van der Waals surface area (Å²) in [5, 5.41) is 0. The third-order valence-corrected chi connectivity index (χ3v) is 4.90. The summed E-state index contributed by atoms with van der Waals surface area (Å²) >= 11 is 0. The van der Waals surface area contributed by atoms with Gasteiger partial charge in [-0.05, 0) is 50.3 Å². The largest absolute Gasteiger partial charge is 0.399 e. The first-order valence-electron chi connectivity index (χ1n) is 6.14. The van der Waals surface area contributed by atoms with E-state index in [0.717, 1.165) is 18.4 Å². The highest BCUT2D eigenvalue weighted by molar-refractivity contribution is 7.88. The first-order valence-corrected chi connectivity index (χ1v) is 7.80. The number of nitrogens with one attached hydrogen (secondary N) is 1. The molecule has 0 aliphatic heterocycles. The molecule has 5 heteroatoms. The van der Waals surface area contributed by atoms with Gasteiger partial charge in [0.2, 0.25) is 10.0 Å². The minimum atomic E-state index is -3.30. The first kappa shape index (κ1) is 13.4. The lowest BCUT2D eigenvalue weighted by Gasteiger charge is -2.25. The second-order valence-corrected chi connectivity index (χ2v) is 7.32.